The molecule has 6 heteroatoms. The van der Waals surface area contributed by atoms with Crippen molar-refractivity contribution in [1.82, 2.24) is 4.90 Å². The highest BCUT2D eigenvalue weighted by Crippen LogP contribution is 2.21. The van der Waals surface area contributed by atoms with Crippen LogP contribution in [-0.4, -0.2) is 42.2 Å². The first-order valence-electron chi connectivity index (χ1n) is 5.78. The smallest absolute Gasteiger partial charge is 0.326 e. The van der Waals surface area contributed by atoms with Crippen molar-refractivity contribution < 1.29 is 19.4 Å². The summed E-state index contributed by atoms with van der Waals surface area (Å²) in [6.07, 6.45) is 0. The molecule has 0 aromatic heterocycles. The lowest BCUT2D eigenvalue weighted by Gasteiger charge is -2.22. The molecule has 0 saturated heterocycles. The van der Waals surface area contributed by atoms with E-state index in [0.717, 1.165) is 10.5 Å². The first-order valence-corrected chi connectivity index (χ1v) is 5.78. The zero-order valence-corrected chi connectivity index (χ0v) is 11.4. The van der Waals surface area contributed by atoms with Crippen LogP contribution in [0.4, 0.5) is 10.5 Å². The number of rotatable bonds is 4. The summed E-state index contributed by atoms with van der Waals surface area (Å²) in [6.45, 7) is 3.28. The summed E-state index contributed by atoms with van der Waals surface area (Å²) < 4.78 is 5.07. The van der Waals surface area contributed by atoms with E-state index in [1.165, 1.54) is 14.0 Å². The van der Waals surface area contributed by atoms with E-state index in [1.54, 1.807) is 25.3 Å². The fourth-order valence-corrected chi connectivity index (χ4v) is 1.45. The molecule has 0 aliphatic carbocycles. The van der Waals surface area contributed by atoms with Crippen LogP contribution in [0.1, 0.15) is 12.5 Å². The maximum atomic E-state index is 11.9. The van der Waals surface area contributed by atoms with Crippen molar-refractivity contribution in [2.75, 3.05) is 19.5 Å². The zero-order valence-electron chi connectivity index (χ0n) is 11.4. The maximum absolute atomic E-state index is 11.9. The van der Waals surface area contributed by atoms with Gasteiger partial charge in [0.1, 0.15) is 11.8 Å². The summed E-state index contributed by atoms with van der Waals surface area (Å²) in [6, 6.07) is 3.87. The fourth-order valence-electron chi connectivity index (χ4n) is 1.45. The number of aryl methyl sites for hydroxylation is 1. The molecule has 0 spiro atoms. The molecule has 0 heterocycles. The summed E-state index contributed by atoms with van der Waals surface area (Å²) in [7, 11) is 3.00. The maximum Gasteiger partial charge on any atom is 0.326 e. The van der Waals surface area contributed by atoms with Crippen LogP contribution in [0.25, 0.3) is 0 Å². The van der Waals surface area contributed by atoms with Crippen molar-refractivity contribution in [3.05, 3.63) is 23.8 Å². The molecule has 6 nitrogen and oxygen atoms in total. The summed E-state index contributed by atoms with van der Waals surface area (Å²) in [5.41, 5.74) is 1.46. The number of nitrogens with zero attached hydrogens (tertiary/aromatic N) is 1. The monoisotopic (exact) mass is 266 g/mol. The number of nitrogens with one attached hydrogen (secondary N) is 1. The van der Waals surface area contributed by atoms with Crippen molar-refractivity contribution in [1.29, 1.82) is 0 Å². The minimum atomic E-state index is -1.05. The molecular formula is C13H18N2O4. The van der Waals surface area contributed by atoms with Crippen LogP contribution in [0.3, 0.4) is 0 Å². The molecule has 0 radical (unpaired) electrons. The van der Waals surface area contributed by atoms with E-state index in [9.17, 15) is 9.59 Å². The van der Waals surface area contributed by atoms with Gasteiger partial charge in [0.15, 0.2) is 0 Å². The van der Waals surface area contributed by atoms with Crippen molar-refractivity contribution in [3.8, 4) is 5.75 Å². The van der Waals surface area contributed by atoms with Gasteiger partial charge in [0.25, 0.3) is 0 Å². The first kappa shape index (κ1) is 14.8. The topological polar surface area (TPSA) is 78.9 Å². The number of amides is 2. The number of benzene rings is 1. The average molecular weight is 266 g/mol. The van der Waals surface area contributed by atoms with Gasteiger partial charge in [-0.3, -0.25) is 0 Å². The molecule has 0 aliphatic heterocycles. The Balaban J connectivity index is 2.79. The summed E-state index contributed by atoms with van der Waals surface area (Å²) >= 11 is 0. The highest BCUT2D eigenvalue weighted by Gasteiger charge is 2.21. The molecule has 0 aliphatic rings. The van der Waals surface area contributed by atoms with E-state index in [2.05, 4.69) is 5.32 Å². The number of likely N-dealkylation sites (N-methyl/N-ethyl adjacent to an activating group) is 1. The number of hydrogen-bond donors (Lipinski definition) is 2. The standard InChI is InChI=1S/C13H18N2O4/c1-8-7-10(19-4)5-6-11(8)14-13(18)15(3)9(2)12(16)17/h5-7,9H,1-4H3,(H,14,18)(H,16,17). The van der Waals surface area contributed by atoms with E-state index >= 15 is 0 Å². The summed E-state index contributed by atoms with van der Waals surface area (Å²) in [5.74, 6) is -0.355. The van der Waals surface area contributed by atoms with Gasteiger partial charge in [-0.25, -0.2) is 9.59 Å². The van der Waals surface area contributed by atoms with Crippen LogP contribution in [0.5, 0.6) is 5.75 Å². The predicted octanol–water partition coefficient (Wildman–Crippen LogP) is 1.94. The van der Waals surface area contributed by atoms with E-state index in [4.69, 9.17) is 9.84 Å². The molecule has 1 unspecified atom stereocenters. The number of urea groups is 1. The second-order valence-corrected chi connectivity index (χ2v) is 4.24. The van der Waals surface area contributed by atoms with E-state index in [0.29, 0.717) is 11.4 Å². The Labute approximate surface area is 112 Å². The third-order valence-electron chi connectivity index (χ3n) is 2.93. The number of carboxylic acid groups (broad SMARTS) is 1. The number of carbonyl (C=O) groups excluding carboxylic acids is 1. The first-order chi connectivity index (χ1) is 8.86. The quantitative estimate of drug-likeness (QED) is 0.873. The Morgan fingerprint density at radius 3 is 2.53 bits per heavy atom. The molecule has 19 heavy (non-hydrogen) atoms. The number of anilines is 1. The SMILES string of the molecule is COc1ccc(NC(=O)N(C)C(C)C(=O)O)c(C)c1. The lowest BCUT2D eigenvalue weighted by Crippen LogP contribution is -2.42. The molecule has 0 bridgehead atoms. The van der Waals surface area contributed by atoms with Crippen LogP contribution in [0.2, 0.25) is 0 Å². The molecule has 0 saturated carbocycles. The van der Waals surface area contributed by atoms with Gasteiger partial charge in [-0.15, -0.1) is 0 Å². The normalized spacial score (nSPS) is 11.6. The van der Waals surface area contributed by atoms with Crippen LogP contribution in [0.15, 0.2) is 18.2 Å². The van der Waals surface area contributed by atoms with Crippen LogP contribution >= 0.6 is 0 Å². The predicted molar refractivity (Wildman–Crippen MR) is 71.6 cm³/mol. The van der Waals surface area contributed by atoms with Gasteiger partial charge in [-0.05, 0) is 37.6 Å². The van der Waals surface area contributed by atoms with Crippen LogP contribution in [0, 0.1) is 6.92 Å². The lowest BCUT2D eigenvalue weighted by molar-refractivity contribution is -0.141. The lowest BCUT2D eigenvalue weighted by atomic mass is 10.2. The van der Waals surface area contributed by atoms with Gasteiger partial charge in [-0.1, -0.05) is 0 Å². The summed E-state index contributed by atoms with van der Waals surface area (Å²) in [5, 5.41) is 11.5. The number of carboxylic acids is 1. The van der Waals surface area contributed by atoms with Crippen molar-refractivity contribution >= 4 is 17.7 Å². The van der Waals surface area contributed by atoms with Crippen molar-refractivity contribution in [3.63, 3.8) is 0 Å². The Kier molecular flexibility index (Phi) is 4.74. The molecule has 104 valence electrons. The van der Waals surface area contributed by atoms with Gasteiger partial charge in [0, 0.05) is 12.7 Å². The largest absolute Gasteiger partial charge is 0.497 e. The Hall–Kier alpha value is -2.24. The minimum Gasteiger partial charge on any atom is -0.497 e. The van der Waals surface area contributed by atoms with Gasteiger partial charge in [0.05, 0.1) is 7.11 Å². The molecule has 0 fully saturated rings. The molecular weight excluding hydrogens is 248 g/mol. The average Bonchev–Trinajstić information content (AvgIpc) is 2.38. The highest BCUT2D eigenvalue weighted by molar-refractivity contribution is 5.92. The number of hydrogen-bond acceptors (Lipinski definition) is 3. The third kappa shape index (κ3) is 3.61. The van der Waals surface area contributed by atoms with E-state index in [-0.39, 0.29) is 0 Å². The van der Waals surface area contributed by atoms with E-state index in [1.807, 2.05) is 6.92 Å². The number of ether oxygens (including phenoxy) is 1. The molecule has 2 N–H and O–H groups in total. The van der Waals surface area contributed by atoms with Crippen molar-refractivity contribution in [2.24, 2.45) is 0 Å². The molecule has 1 atom stereocenters. The molecule has 1 aromatic carbocycles. The molecule has 1 rings (SSSR count). The summed E-state index contributed by atoms with van der Waals surface area (Å²) in [4.78, 5) is 23.8. The van der Waals surface area contributed by atoms with Gasteiger partial charge < -0.3 is 20.1 Å². The van der Waals surface area contributed by atoms with Crippen LogP contribution in [-0.2, 0) is 4.79 Å². The third-order valence-corrected chi connectivity index (χ3v) is 2.93. The number of carbonyl (C=O) groups is 2. The molecule has 2 amide bonds. The van der Waals surface area contributed by atoms with Crippen molar-refractivity contribution in [2.45, 2.75) is 19.9 Å². The number of aliphatic carboxylic acids is 1. The van der Waals surface area contributed by atoms with Gasteiger partial charge in [0.2, 0.25) is 0 Å². The second kappa shape index (κ2) is 6.08. The van der Waals surface area contributed by atoms with Crippen LogP contribution < -0.4 is 10.1 Å². The van der Waals surface area contributed by atoms with Gasteiger partial charge >= 0.3 is 12.0 Å². The minimum absolute atomic E-state index is 0.469. The van der Waals surface area contributed by atoms with Gasteiger partial charge in [-0.2, -0.15) is 0 Å². The van der Waals surface area contributed by atoms with E-state index < -0.39 is 18.0 Å². The Morgan fingerprint density at radius 1 is 1.42 bits per heavy atom. The zero-order chi connectivity index (χ0) is 14.6. The Morgan fingerprint density at radius 2 is 2.05 bits per heavy atom. The number of methoxy groups -OCH3 is 1. The second-order valence-electron chi connectivity index (χ2n) is 4.24. The Bertz CT molecular complexity index is 488. The highest BCUT2D eigenvalue weighted by atomic mass is 16.5. The molecule has 1 aromatic rings. The fraction of sp³-hybridized carbons (Fsp3) is 0.385.